The molecule has 218 valence electrons. The molecular weight excluding hydrogens is 571 g/mol. The number of carbonyl (C=O) groups excluding carboxylic acids is 1. The Morgan fingerprint density at radius 3 is 2.37 bits per heavy atom. The molecule has 1 aromatic heterocycles. The molecule has 3 heterocycles. The standard InChI is InChI=1S/C14H22N3O8P.C5H12O5P2/c1-9-7-17(14(20)15-13(9)19)12-6-10(18)11(25-12)8-24-26(21,22)16-2-4-23-5-3-16;1-5(6)9-12(4,8)10-11(2,3)7/h7,10-12,18H,2-6,8H2,1H3,(H,21,22)(H,15,19,20);1-4H3/p-1/t10-,11-,12-;/m1./s1. The molecule has 3 rings (SSSR count). The second kappa shape index (κ2) is 13.3. The topological polar surface area (TPSA) is 216 Å². The molecule has 0 saturated carbocycles. The highest BCUT2D eigenvalue weighted by Gasteiger charge is 2.37. The van der Waals surface area contributed by atoms with E-state index in [1.165, 1.54) is 35.7 Å². The zero-order chi connectivity index (χ0) is 28.9. The summed E-state index contributed by atoms with van der Waals surface area (Å²) in [5.41, 5.74) is -0.844. The van der Waals surface area contributed by atoms with Crippen LogP contribution in [-0.4, -0.2) is 90.4 Å². The molecule has 2 aliphatic rings. The van der Waals surface area contributed by atoms with Crippen LogP contribution in [0.15, 0.2) is 15.8 Å². The van der Waals surface area contributed by atoms with Gasteiger partial charge in [0.2, 0.25) is 15.1 Å². The monoisotopic (exact) mass is 604 g/mol. The summed E-state index contributed by atoms with van der Waals surface area (Å²) >= 11 is 0. The smallest absolute Gasteiger partial charge is 0.383 e. The Morgan fingerprint density at radius 1 is 1.21 bits per heavy atom. The molecule has 2 fully saturated rings. The van der Waals surface area contributed by atoms with Crippen molar-refractivity contribution in [3.63, 3.8) is 0 Å². The number of aryl methyl sites for hydroxylation is 1. The van der Waals surface area contributed by atoms with E-state index in [1.54, 1.807) is 0 Å². The van der Waals surface area contributed by atoms with Crippen LogP contribution in [0, 0.1) is 6.92 Å². The van der Waals surface area contributed by atoms with E-state index in [4.69, 9.17) is 14.0 Å². The molecule has 16 nitrogen and oxygen atoms in total. The van der Waals surface area contributed by atoms with Crippen LogP contribution >= 0.6 is 22.7 Å². The van der Waals surface area contributed by atoms with E-state index < -0.39 is 58.4 Å². The number of aromatic amines is 1. The summed E-state index contributed by atoms with van der Waals surface area (Å²) < 4.78 is 61.4. The minimum Gasteiger partial charge on any atom is -0.766 e. The Morgan fingerprint density at radius 2 is 1.82 bits per heavy atom. The van der Waals surface area contributed by atoms with Crippen LogP contribution in [0.4, 0.5) is 0 Å². The Hall–Kier alpha value is -1.44. The number of nitrogens with one attached hydrogen (secondary N) is 1. The zero-order valence-electron chi connectivity index (χ0n) is 21.6. The van der Waals surface area contributed by atoms with Gasteiger partial charge in [0.15, 0.2) is 0 Å². The van der Waals surface area contributed by atoms with Crippen LogP contribution in [0.25, 0.3) is 0 Å². The molecule has 38 heavy (non-hydrogen) atoms. The van der Waals surface area contributed by atoms with Gasteiger partial charge in [-0.05, 0) is 6.92 Å². The predicted octanol–water partition coefficient (Wildman–Crippen LogP) is 0.237. The van der Waals surface area contributed by atoms with Gasteiger partial charge >= 0.3 is 19.3 Å². The van der Waals surface area contributed by atoms with Gasteiger partial charge in [-0.1, -0.05) is 0 Å². The van der Waals surface area contributed by atoms with Crippen LogP contribution in [0.1, 0.15) is 25.1 Å². The molecule has 1 aromatic rings. The summed E-state index contributed by atoms with van der Waals surface area (Å²) in [4.78, 5) is 48.1. The molecule has 2 unspecified atom stereocenters. The summed E-state index contributed by atoms with van der Waals surface area (Å²) in [6.07, 6.45) is -1.34. The number of morpholine rings is 1. The second-order valence-corrected chi connectivity index (χ2v) is 15.6. The average Bonchev–Trinajstić information content (AvgIpc) is 3.13. The van der Waals surface area contributed by atoms with E-state index in [-0.39, 0.29) is 26.1 Å². The number of ether oxygens (including phenoxy) is 2. The maximum absolute atomic E-state index is 12.2. The minimum atomic E-state index is -4.27. The van der Waals surface area contributed by atoms with E-state index in [9.17, 15) is 38.1 Å². The van der Waals surface area contributed by atoms with Crippen molar-refractivity contribution in [1.29, 1.82) is 0 Å². The summed E-state index contributed by atoms with van der Waals surface area (Å²) in [6.45, 7) is 7.00. The van der Waals surface area contributed by atoms with Gasteiger partial charge in [-0.3, -0.25) is 28.3 Å². The predicted molar refractivity (Wildman–Crippen MR) is 132 cm³/mol. The van der Waals surface area contributed by atoms with Crippen LogP contribution in [-0.2, 0) is 41.3 Å². The maximum Gasteiger partial charge on any atom is 0.383 e. The molecule has 2 saturated heterocycles. The first-order valence-corrected chi connectivity index (χ1v) is 17.4. The van der Waals surface area contributed by atoms with Crippen molar-refractivity contribution in [2.45, 2.75) is 38.7 Å². The molecule has 5 atom stereocenters. The highest BCUT2D eigenvalue weighted by molar-refractivity contribution is 7.68. The van der Waals surface area contributed by atoms with Gasteiger partial charge in [-0.15, -0.1) is 0 Å². The third-order valence-electron chi connectivity index (χ3n) is 5.04. The number of hydrogen-bond acceptors (Lipinski definition) is 13. The van der Waals surface area contributed by atoms with Crippen molar-refractivity contribution < 1.29 is 51.3 Å². The fourth-order valence-corrected chi connectivity index (χ4v) is 8.10. The first-order chi connectivity index (χ1) is 17.4. The van der Waals surface area contributed by atoms with Gasteiger partial charge < -0.3 is 28.5 Å². The molecule has 2 aliphatic heterocycles. The van der Waals surface area contributed by atoms with Crippen molar-refractivity contribution in [2.24, 2.45) is 0 Å². The third-order valence-corrected chi connectivity index (χ3v) is 9.95. The number of H-pyrrole nitrogens is 1. The van der Waals surface area contributed by atoms with Gasteiger partial charge in [0, 0.05) is 51.5 Å². The lowest BCUT2D eigenvalue weighted by Gasteiger charge is -2.37. The molecular formula is C19H33N3O13P3-. The number of carbonyl (C=O) groups is 1. The molecule has 0 spiro atoms. The van der Waals surface area contributed by atoms with Crippen molar-refractivity contribution in [1.82, 2.24) is 14.2 Å². The number of rotatable bonds is 8. The summed E-state index contributed by atoms with van der Waals surface area (Å²) in [6, 6.07) is 0. The highest BCUT2D eigenvalue weighted by atomic mass is 31.3. The number of aliphatic hydroxyl groups excluding tert-OH is 1. The lowest BCUT2D eigenvalue weighted by atomic mass is 10.2. The second-order valence-electron chi connectivity index (χ2n) is 8.93. The molecule has 19 heteroatoms. The van der Waals surface area contributed by atoms with E-state index in [1.807, 2.05) is 0 Å². The van der Waals surface area contributed by atoms with Gasteiger partial charge in [0.25, 0.3) is 5.56 Å². The first-order valence-electron chi connectivity index (χ1n) is 11.4. The summed E-state index contributed by atoms with van der Waals surface area (Å²) in [7, 11) is -10.6. The Labute approximate surface area is 218 Å². The van der Waals surface area contributed by atoms with E-state index in [2.05, 4.69) is 13.8 Å². The van der Waals surface area contributed by atoms with Gasteiger partial charge in [0.05, 0.1) is 32.6 Å². The SMILES string of the molecule is CC(=O)OP(C)(=O)OP(C)(C)=O.Cc1cn([C@H]2C[C@@H](O)[C@@H](COP(=O)([O-])N3CCOCC3)O2)c(=O)[nH]c1=O. The lowest BCUT2D eigenvalue weighted by Crippen LogP contribution is -2.39. The molecule has 0 amide bonds. The normalized spacial score (nSPS) is 25.5. The van der Waals surface area contributed by atoms with Crippen molar-refractivity contribution >= 4 is 28.7 Å². The molecule has 2 N–H and O–H groups in total. The van der Waals surface area contributed by atoms with Crippen LogP contribution in [0.2, 0.25) is 0 Å². The van der Waals surface area contributed by atoms with Gasteiger partial charge in [0.1, 0.15) is 12.3 Å². The molecule has 0 aliphatic carbocycles. The van der Waals surface area contributed by atoms with Crippen LogP contribution in [0.3, 0.4) is 0 Å². The Balaban J connectivity index is 0.000000358. The van der Waals surface area contributed by atoms with E-state index in [0.29, 0.717) is 18.8 Å². The van der Waals surface area contributed by atoms with E-state index in [0.717, 1.165) is 13.6 Å². The molecule has 0 bridgehead atoms. The van der Waals surface area contributed by atoms with Gasteiger partial charge in [-0.25, -0.2) is 18.3 Å². The third kappa shape index (κ3) is 10.3. The number of hydrogen-bond donors (Lipinski definition) is 2. The number of nitrogens with zero attached hydrogens (tertiary/aromatic N) is 2. The maximum atomic E-state index is 12.2. The largest absolute Gasteiger partial charge is 0.766 e. The van der Waals surface area contributed by atoms with Crippen LogP contribution < -0.4 is 16.1 Å². The average molecular weight is 604 g/mol. The Bertz CT molecular complexity index is 1240. The number of aromatic nitrogens is 2. The number of aliphatic hydroxyl groups is 1. The van der Waals surface area contributed by atoms with Crippen molar-refractivity contribution in [2.75, 3.05) is 52.9 Å². The zero-order valence-corrected chi connectivity index (χ0v) is 24.3. The van der Waals surface area contributed by atoms with Gasteiger partial charge in [-0.2, -0.15) is 0 Å². The first kappa shape index (κ1) is 32.8. The van der Waals surface area contributed by atoms with Crippen molar-refractivity contribution in [3.8, 4) is 0 Å². The fraction of sp³-hybridized carbons (Fsp3) is 0.737. The molecule has 0 radical (unpaired) electrons. The fourth-order valence-electron chi connectivity index (χ4n) is 3.49. The van der Waals surface area contributed by atoms with Crippen molar-refractivity contribution in [3.05, 3.63) is 32.6 Å². The lowest BCUT2D eigenvalue weighted by molar-refractivity contribution is -0.218. The molecule has 0 aromatic carbocycles. The Kier molecular flexibility index (Phi) is 11.4. The summed E-state index contributed by atoms with van der Waals surface area (Å²) in [5.74, 6) is -0.714. The van der Waals surface area contributed by atoms with E-state index >= 15 is 0 Å². The quantitative estimate of drug-likeness (QED) is 0.380. The summed E-state index contributed by atoms with van der Waals surface area (Å²) in [5, 5.41) is 10.1. The highest BCUT2D eigenvalue weighted by Crippen LogP contribution is 2.58. The van der Waals surface area contributed by atoms with Crippen LogP contribution in [0.5, 0.6) is 0 Å². The minimum absolute atomic E-state index is 0.0696.